The molecule has 2 heterocycles. The third-order valence-corrected chi connectivity index (χ3v) is 3.75. The standard InChI is InChI=1S/C14H18N4O2S/c1-14(2,3)20-13(19)17-10-8-16-18(11(10)9-4-5-9)12-15-6-7-21-12/h6-9H,4-5H2,1-3H3,(H,17,19). The number of aromatic nitrogens is 3. The van der Waals surface area contributed by atoms with Gasteiger partial charge in [0.2, 0.25) is 5.13 Å². The van der Waals surface area contributed by atoms with E-state index < -0.39 is 11.7 Å². The minimum Gasteiger partial charge on any atom is -0.444 e. The largest absolute Gasteiger partial charge is 0.444 e. The molecule has 0 aromatic carbocycles. The predicted molar refractivity (Wildman–Crippen MR) is 81.1 cm³/mol. The van der Waals surface area contributed by atoms with E-state index in [4.69, 9.17) is 4.74 Å². The Balaban J connectivity index is 1.85. The number of rotatable bonds is 3. The number of thiazole rings is 1. The molecule has 1 aliphatic carbocycles. The van der Waals surface area contributed by atoms with E-state index in [0.29, 0.717) is 11.6 Å². The molecule has 21 heavy (non-hydrogen) atoms. The van der Waals surface area contributed by atoms with Crippen LogP contribution in [0.2, 0.25) is 0 Å². The first kappa shape index (κ1) is 14.1. The second-order valence-electron chi connectivity index (χ2n) is 6.07. The van der Waals surface area contributed by atoms with Gasteiger partial charge in [0, 0.05) is 17.5 Å². The summed E-state index contributed by atoms with van der Waals surface area (Å²) in [5.41, 5.74) is 1.20. The Kier molecular flexibility index (Phi) is 3.44. The molecule has 1 aliphatic rings. The third kappa shape index (κ3) is 3.24. The van der Waals surface area contributed by atoms with Crippen LogP contribution in [-0.2, 0) is 4.74 Å². The molecule has 0 aliphatic heterocycles. The summed E-state index contributed by atoms with van der Waals surface area (Å²) in [6.45, 7) is 5.52. The molecule has 0 saturated heterocycles. The first-order valence-electron chi connectivity index (χ1n) is 6.92. The van der Waals surface area contributed by atoms with Gasteiger partial charge >= 0.3 is 6.09 Å². The zero-order valence-corrected chi connectivity index (χ0v) is 13.1. The summed E-state index contributed by atoms with van der Waals surface area (Å²) in [5.74, 6) is 0.432. The Hall–Kier alpha value is -1.89. The van der Waals surface area contributed by atoms with Crippen molar-refractivity contribution in [2.45, 2.75) is 45.1 Å². The number of carbonyl (C=O) groups is 1. The average molecular weight is 306 g/mol. The van der Waals surface area contributed by atoms with Gasteiger partial charge in [0.1, 0.15) is 5.60 Å². The van der Waals surface area contributed by atoms with Crippen molar-refractivity contribution in [2.75, 3.05) is 5.32 Å². The van der Waals surface area contributed by atoms with Crippen LogP contribution in [0.4, 0.5) is 10.5 Å². The van der Waals surface area contributed by atoms with Gasteiger partial charge in [-0.25, -0.2) is 14.5 Å². The van der Waals surface area contributed by atoms with Crippen molar-refractivity contribution in [3.05, 3.63) is 23.5 Å². The molecule has 6 nitrogen and oxygen atoms in total. The maximum Gasteiger partial charge on any atom is 0.412 e. The molecule has 1 N–H and O–H groups in total. The molecule has 1 amide bonds. The quantitative estimate of drug-likeness (QED) is 0.941. The van der Waals surface area contributed by atoms with E-state index in [-0.39, 0.29) is 0 Å². The highest BCUT2D eigenvalue weighted by Gasteiger charge is 2.32. The van der Waals surface area contributed by atoms with E-state index in [1.807, 2.05) is 30.8 Å². The number of nitrogens with one attached hydrogen (secondary N) is 1. The maximum atomic E-state index is 11.9. The highest BCUT2D eigenvalue weighted by Crippen LogP contribution is 2.44. The zero-order valence-electron chi connectivity index (χ0n) is 12.3. The number of hydrogen-bond acceptors (Lipinski definition) is 5. The van der Waals surface area contributed by atoms with Crippen LogP contribution < -0.4 is 5.32 Å². The van der Waals surface area contributed by atoms with Gasteiger partial charge in [-0.05, 0) is 33.6 Å². The van der Waals surface area contributed by atoms with Crippen molar-refractivity contribution in [1.82, 2.24) is 14.8 Å². The second-order valence-corrected chi connectivity index (χ2v) is 6.94. The lowest BCUT2D eigenvalue weighted by molar-refractivity contribution is 0.0636. The lowest BCUT2D eigenvalue weighted by atomic mass is 10.2. The minimum atomic E-state index is -0.519. The number of ether oxygens (including phenoxy) is 1. The number of anilines is 1. The maximum absolute atomic E-state index is 11.9. The SMILES string of the molecule is CC(C)(C)OC(=O)Nc1cnn(-c2nccs2)c1C1CC1. The van der Waals surface area contributed by atoms with Gasteiger partial charge in [0.05, 0.1) is 17.6 Å². The van der Waals surface area contributed by atoms with Crippen LogP contribution in [0, 0.1) is 0 Å². The summed E-state index contributed by atoms with van der Waals surface area (Å²) in [5, 5.41) is 9.89. The van der Waals surface area contributed by atoms with Crippen molar-refractivity contribution in [1.29, 1.82) is 0 Å². The Morgan fingerprint density at radius 3 is 2.81 bits per heavy atom. The Bertz CT molecular complexity index is 638. The topological polar surface area (TPSA) is 69.0 Å². The molecule has 1 fully saturated rings. The van der Waals surface area contributed by atoms with Gasteiger partial charge in [-0.2, -0.15) is 5.10 Å². The fourth-order valence-electron chi connectivity index (χ4n) is 2.09. The molecule has 2 aromatic rings. The average Bonchev–Trinajstić information content (AvgIpc) is 2.90. The van der Waals surface area contributed by atoms with Crippen LogP contribution >= 0.6 is 11.3 Å². The van der Waals surface area contributed by atoms with Crippen LogP contribution in [0.5, 0.6) is 0 Å². The molecule has 2 aromatic heterocycles. The molecule has 0 unspecified atom stereocenters. The second kappa shape index (κ2) is 5.14. The summed E-state index contributed by atoms with van der Waals surface area (Å²) in [6.07, 6.45) is 5.18. The van der Waals surface area contributed by atoms with Crippen LogP contribution in [0.15, 0.2) is 17.8 Å². The zero-order chi connectivity index (χ0) is 15.0. The summed E-state index contributed by atoms with van der Waals surface area (Å²) >= 11 is 1.52. The van der Waals surface area contributed by atoms with Gasteiger partial charge < -0.3 is 4.74 Å². The molecule has 3 rings (SSSR count). The fourth-order valence-corrected chi connectivity index (χ4v) is 2.70. The molecule has 0 bridgehead atoms. The van der Waals surface area contributed by atoms with Crippen LogP contribution in [0.1, 0.15) is 45.2 Å². The van der Waals surface area contributed by atoms with Crippen molar-refractivity contribution in [3.8, 4) is 5.13 Å². The van der Waals surface area contributed by atoms with Crippen molar-refractivity contribution < 1.29 is 9.53 Å². The molecule has 0 spiro atoms. The van der Waals surface area contributed by atoms with Crippen molar-refractivity contribution in [3.63, 3.8) is 0 Å². The van der Waals surface area contributed by atoms with E-state index in [9.17, 15) is 4.79 Å². The van der Waals surface area contributed by atoms with Gasteiger partial charge in [-0.3, -0.25) is 5.32 Å². The monoisotopic (exact) mass is 306 g/mol. The summed E-state index contributed by atoms with van der Waals surface area (Å²) in [7, 11) is 0. The first-order valence-corrected chi connectivity index (χ1v) is 7.80. The van der Waals surface area contributed by atoms with Gasteiger partial charge in [-0.1, -0.05) is 0 Å². The summed E-state index contributed by atoms with van der Waals surface area (Å²) in [6, 6.07) is 0. The van der Waals surface area contributed by atoms with Crippen LogP contribution in [-0.4, -0.2) is 26.5 Å². The van der Waals surface area contributed by atoms with Crippen LogP contribution in [0.3, 0.4) is 0 Å². The molecule has 112 valence electrons. The first-order chi connectivity index (χ1) is 9.94. The minimum absolute atomic E-state index is 0.432. The Labute approximate surface area is 127 Å². The molecular weight excluding hydrogens is 288 g/mol. The molecule has 1 saturated carbocycles. The Morgan fingerprint density at radius 1 is 1.48 bits per heavy atom. The van der Waals surface area contributed by atoms with E-state index in [1.165, 1.54) is 11.3 Å². The van der Waals surface area contributed by atoms with E-state index in [2.05, 4.69) is 15.4 Å². The Morgan fingerprint density at radius 2 is 2.24 bits per heavy atom. The summed E-state index contributed by atoms with van der Waals surface area (Å²) in [4.78, 5) is 16.2. The highest BCUT2D eigenvalue weighted by atomic mass is 32.1. The normalized spacial score (nSPS) is 15.0. The lowest BCUT2D eigenvalue weighted by Crippen LogP contribution is -2.27. The van der Waals surface area contributed by atoms with Gasteiger partial charge in [0.15, 0.2) is 0 Å². The predicted octanol–water partition coefficient (Wildman–Crippen LogP) is 3.55. The lowest BCUT2D eigenvalue weighted by Gasteiger charge is -2.19. The van der Waals surface area contributed by atoms with E-state index in [1.54, 1.807) is 12.4 Å². The van der Waals surface area contributed by atoms with Crippen molar-refractivity contribution in [2.24, 2.45) is 0 Å². The van der Waals surface area contributed by atoms with Crippen molar-refractivity contribution >= 4 is 23.1 Å². The van der Waals surface area contributed by atoms with Gasteiger partial charge in [0.25, 0.3) is 0 Å². The molecule has 7 heteroatoms. The molecular formula is C14H18N4O2S. The molecule has 0 atom stereocenters. The highest BCUT2D eigenvalue weighted by molar-refractivity contribution is 7.12. The number of amides is 1. The van der Waals surface area contributed by atoms with E-state index >= 15 is 0 Å². The smallest absolute Gasteiger partial charge is 0.412 e. The molecule has 0 radical (unpaired) electrons. The fraction of sp³-hybridized carbons (Fsp3) is 0.500. The third-order valence-electron chi connectivity index (χ3n) is 3.01. The number of carbonyl (C=O) groups excluding carboxylic acids is 1. The van der Waals surface area contributed by atoms with Crippen LogP contribution in [0.25, 0.3) is 5.13 Å². The summed E-state index contributed by atoms with van der Waals surface area (Å²) < 4.78 is 7.11. The number of nitrogens with zero attached hydrogens (tertiary/aromatic N) is 3. The van der Waals surface area contributed by atoms with E-state index in [0.717, 1.165) is 23.7 Å². The number of hydrogen-bond donors (Lipinski definition) is 1. The van der Waals surface area contributed by atoms with Gasteiger partial charge in [-0.15, -0.1) is 11.3 Å².